The Labute approximate surface area is 107 Å². The third-order valence-corrected chi connectivity index (χ3v) is 4.17. The molecular weight excluding hydrogens is 229 g/mol. The van der Waals surface area contributed by atoms with Gasteiger partial charge < -0.3 is 10.6 Å². The lowest BCUT2D eigenvalue weighted by atomic mass is 9.99. The number of nitrogen functional groups attached to an aromatic ring is 1. The van der Waals surface area contributed by atoms with E-state index in [0.29, 0.717) is 11.7 Å². The number of hydrogen-bond donors (Lipinski definition) is 1. The zero-order valence-electron chi connectivity index (χ0n) is 10.6. The number of halogens is 1. The third kappa shape index (κ3) is 2.17. The summed E-state index contributed by atoms with van der Waals surface area (Å²) in [6.07, 6.45) is 3.93. The van der Waals surface area contributed by atoms with Crippen molar-refractivity contribution in [2.24, 2.45) is 0 Å². The van der Waals surface area contributed by atoms with Crippen molar-refractivity contribution in [2.45, 2.75) is 25.3 Å². The summed E-state index contributed by atoms with van der Waals surface area (Å²) in [6, 6.07) is 5.38. The highest BCUT2D eigenvalue weighted by Crippen LogP contribution is 2.29. The van der Waals surface area contributed by atoms with Crippen LogP contribution in [0.25, 0.3) is 0 Å². The van der Waals surface area contributed by atoms with Gasteiger partial charge in [0.15, 0.2) is 0 Å². The molecule has 1 unspecified atom stereocenters. The molecule has 0 aromatic heterocycles. The molecule has 0 saturated carbocycles. The molecule has 2 heterocycles. The predicted molar refractivity (Wildman–Crippen MR) is 72.2 cm³/mol. The summed E-state index contributed by atoms with van der Waals surface area (Å²) >= 11 is 0. The van der Waals surface area contributed by atoms with Crippen molar-refractivity contribution >= 4 is 11.4 Å². The second-order valence-corrected chi connectivity index (χ2v) is 5.33. The number of rotatable bonds is 1. The Bertz CT molecular complexity index is 435. The van der Waals surface area contributed by atoms with Crippen molar-refractivity contribution in [3.63, 3.8) is 0 Å². The van der Waals surface area contributed by atoms with Crippen molar-refractivity contribution in [2.75, 3.05) is 36.8 Å². The number of piperidine rings is 1. The molecule has 18 heavy (non-hydrogen) atoms. The van der Waals surface area contributed by atoms with E-state index >= 15 is 0 Å². The van der Waals surface area contributed by atoms with Gasteiger partial charge in [-0.15, -0.1) is 0 Å². The molecule has 1 aromatic rings. The van der Waals surface area contributed by atoms with E-state index in [1.54, 1.807) is 0 Å². The highest BCUT2D eigenvalue weighted by Gasteiger charge is 2.29. The van der Waals surface area contributed by atoms with Crippen LogP contribution in [0.4, 0.5) is 15.8 Å². The molecular formula is C14H20FN3. The van der Waals surface area contributed by atoms with Gasteiger partial charge in [-0.2, -0.15) is 0 Å². The molecule has 3 nitrogen and oxygen atoms in total. The summed E-state index contributed by atoms with van der Waals surface area (Å²) in [5, 5.41) is 0. The van der Waals surface area contributed by atoms with Gasteiger partial charge in [-0.05, 0) is 37.6 Å². The van der Waals surface area contributed by atoms with Crippen LogP contribution in [0.2, 0.25) is 0 Å². The van der Waals surface area contributed by atoms with Gasteiger partial charge in [0, 0.05) is 25.7 Å². The largest absolute Gasteiger partial charge is 0.397 e. The van der Waals surface area contributed by atoms with Crippen LogP contribution in [0.5, 0.6) is 0 Å². The molecule has 4 heteroatoms. The Hall–Kier alpha value is -1.29. The average Bonchev–Trinajstić information content (AvgIpc) is 2.38. The smallest absolute Gasteiger partial charge is 0.125 e. The summed E-state index contributed by atoms with van der Waals surface area (Å²) in [4.78, 5) is 4.89. The van der Waals surface area contributed by atoms with Crippen molar-refractivity contribution in [1.82, 2.24) is 4.90 Å². The van der Waals surface area contributed by atoms with Crippen LogP contribution < -0.4 is 10.6 Å². The molecule has 0 bridgehead atoms. The summed E-state index contributed by atoms with van der Waals surface area (Å²) < 4.78 is 13.1. The van der Waals surface area contributed by atoms with Gasteiger partial charge in [0.1, 0.15) is 5.82 Å². The minimum atomic E-state index is -0.257. The minimum absolute atomic E-state index is 0.257. The number of piperazine rings is 1. The van der Waals surface area contributed by atoms with E-state index in [1.165, 1.54) is 37.9 Å². The monoisotopic (exact) mass is 249 g/mol. The molecule has 0 radical (unpaired) electrons. The van der Waals surface area contributed by atoms with Crippen LogP contribution in [-0.4, -0.2) is 37.1 Å². The lowest BCUT2D eigenvalue weighted by Gasteiger charge is -2.45. The van der Waals surface area contributed by atoms with Crippen LogP contribution in [0.15, 0.2) is 18.2 Å². The van der Waals surface area contributed by atoms with Crippen LogP contribution in [-0.2, 0) is 0 Å². The van der Waals surface area contributed by atoms with Gasteiger partial charge >= 0.3 is 0 Å². The highest BCUT2D eigenvalue weighted by molar-refractivity contribution is 5.67. The Morgan fingerprint density at radius 3 is 2.89 bits per heavy atom. The normalized spacial score (nSPS) is 24.9. The molecule has 3 rings (SSSR count). The lowest BCUT2D eigenvalue weighted by molar-refractivity contribution is 0.133. The molecule has 2 N–H and O–H groups in total. The first-order valence-corrected chi connectivity index (χ1v) is 6.78. The molecule has 2 saturated heterocycles. The van der Waals surface area contributed by atoms with Gasteiger partial charge in [-0.1, -0.05) is 6.42 Å². The van der Waals surface area contributed by atoms with Crippen LogP contribution >= 0.6 is 0 Å². The zero-order chi connectivity index (χ0) is 12.5. The first-order chi connectivity index (χ1) is 8.74. The molecule has 2 aliphatic rings. The van der Waals surface area contributed by atoms with E-state index in [-0.39, 0.29) is 5.82 Å². The molecule has 0 amide bonds. The first kappa shape index (κ1) is 11.8. The maximum Gasteiger partial charge on any atom is 0.125 e. The highest BCUT2D eigenvalue weighted by atomic mass is 19.1. The molecule has 1 aromatic carbocycles. The maximum atomic E-state index is 13.1. The predicted octanol–water partition coefficient (Wildman–Crippen LogP) is 2.08. The summed E-state index contributed by atoms with van der Waals surface area (Å²) in [7, 11) is 0. The number of fused-ring (bicyclic) bond motifs is 1. The third-order valence-electron chi connectivity index (χ3n) is 4.17. The Kier molecular flexibility index (Phi) is 3.12. The topological polar surface area (TPSA) is 32.5 Å². The van der Waals surface area contributed by atoms with Crippen LogP contribution in [0, 0.1) is 5.82 Å². The van der Waals surface area contributed by atoms with Gasteiger partial charge in [-0.25, -0.2) is 4.39 Å². The van der Waals surface area contributed by atoms with Gasteiger partial charge in [0.25, 0.3) is 0 Å². The fourth-order valence-corrected chi connectivity index (χ4v) is 3.19. The van der Waals surface area contributed by atoms with E-state index in [0.717, 1.165) is 25.3 Å². The van der Waals surface area contributed by atoms with E-state index in [4.69, 9.17) is 5.73 Å². The second-order valence-electron chi connectivity index (χ2n) is 5.33. The van der Waals surface area contributed by atoms with E-state index in [2.05, 4.69) is 9.80 Å². The number of hydrogen-bond acceptors (Lipinski definition) is 3. The second kappa shape index (κ2) is 4.76. The minimum Gasteiger partial charge on any atom is -0.397 e. The standard InChI is InChI=1S/C14H20FN3/c15-11-4-5-14(13(16)9-11)18-8-7-17-6-2-1-3-12(17)10-18/h4-5,9,12H,1-3,6-8,10,16H2. The molecule has 2 fully saturated rings. The Morgan fingerprint density at radius 2 is 2.06 bits per heavy atom. The van der Waals surface area contributed by atoms with E-state index < -0.39 is 0 Å². The molecule has 2 aliphatic heterocycles. The fraction of sp³-hybridized carbons (Fsp3) is 0.571. The van der Waals surface area contributed by atoms with E-state index in [1.807, 2.05) is 6.07 Å². The quantitative estimate of drug-likeness (QED) is 0.773. The summed E-state index contributed by atoms with van der Waals surface area (Å²) in [6.45, 7) is 4.35. The number of benzene rings is 1. The summed E-state index contributed by atoms with van der Waals surface area (Å²) in [5.74, 6) is -0.257. The molecule has 1 atom stereocenters. The van der Waals surface area contributed by atoms with Crippen LogP contribution in [0.3, 0.4) is 0 Å². The van der Waals surface area contributed by atoms with Crippen molar-refractivity contribution < 1.29 is 4.39 Å². The SMILES string of the molecule is Nc1cc(F)ccc1N1CCN2CCCCC2C1. The number of anilines is 2. The Balaban J connectivity index is 1.77. The van der Waals surface area contributed by atoms with Crippen LogP contribution in [0.1, 0.15) is 19.3 Å². The fourth-order valence-electron chi connectivity index (χ4n) is 3.19. The van der Waals surface area contributed by atoms with Crippen molar-refractivity contribution in [3.8, 4) is 0 Å². The van der Waals surface area contributed by atoms with Crippen molar-refractivity contribution in [3.05, 3.63) is 24.0 Å². The van der Waals surface area contributed by atoms with Gasteiger partial charge in [0.05, 0.1) is 11.4 Å². The number of nitrogens with two attached hydrogens (primary N) is 1. The summed E-state index contributed by atoms with van der Waals surface area (Å²) in [5.41, 5.74) is 7.47. The van der Waals surface area contributed by atoms with Crippen molar-refractivity contribution in [1.29, 1.82) is 0 Å². The van der Waals surface area contributed by atoms with Gasteiger partial charge in [0.2, 0.25) is 0 Å². The maximum absolute atomic E-state index is 13.1. The molecule has 98 valence electrons. The average molecular weight is 249 g/mol. The van der Waals surface area contributed by atoms with E-state index in [9.17, 15) is 4.39 Å². The Morgan fingerprint density at radius 1 is 1.17 bits per heavy atom. The molecule has 0 spiro atoms. The molecule has 0 aliphatic carbocycles. The number of nitrogens with zero attached hydrogens (tertiary/aromatic N) is 2. The first-order valence-electron chi connectivity index (χ1n) is 6.78. The zero-order valence-corrected chi connectivity index (χ0v) is 10.6. The lowest BCUT2D eigenvalue weighted by Crippen LogP contribution is -2.55. The van der Waals surface area contributed by atoms with Gasteiger partial charge in [-0.3, -0.25) is 4.90 Å².